The fourth-order valence-electron chi connectivity index (χ4n) is 2.66. The fraction of sp³-hybridized carbons (Fsp3) is 0.200. The molecule has 0 spiro atoms. The van der Waals surface area contributed by atoms with Gasteiger partial charge in [0.15, 0.2) is 5.11 Å². The van der Waals surface area contributed by atoms with Crippen LogP contribution in [0.15, 0.2) is 53.4 Å². The maximum atomic E-state index is 12.6. The van der Waals surface area contributed by atoms with Crippen LogP contribution in [0.25, 0.3) is 10.1 Å². The number of hydrogen-bond donors (Lipinski definition) is 3. The Morgan fingerprint density at radius 3 is 2.30 bits per heavy atom. The number of rotatable bonds is 4. The second-order valence-electron chi connectivity index (χ2n) is 7.53. The summed E-state index contributed by atoms with van der Waals surface area (Å²) in [4.78, 5) is 13.1. The highest BCUT2D eigenvalue weighted by Gasteiger charge is 2.22. The van der Waals surface area contributed by atoms with E-state index in [0.29, 0.717) is 15.6 Å². The topological polar surface area (TPSA) is 87.3 Å². The van der Waals surface area contributed by atoms with Gasteiger partial charge in [-0.1, -0.05) is 29.8 Å². The Morgan fingerprint density at radius 1 is 1.07 bits per heavy atom. The molecule has 0 fully saturated rings. The lowest BCUT2D eigenvalue weighted by molar-refractivity contribution is 0.0982. The van der Waals surface area contributed by atoms with Crippen molar-refractivity contribution in [2.45, 2.75) is 31.2 Å². The van der Waals surface area contributed by atoms with Crippen LogP contribution in [0, 0.1) is 0 Å². The number of sulfonamides is 1. The number of carbonyl (C=O) groups is 1. The molecule has 0 aliphatic rings. The maximum absolute atomic E-state index is 12.6. The van der Waals surface area contributed by atoms with E-state index in [-0.39, 0.29) is 10.0 Å². The molecule has 0 bridgehead atoms. The molecule has 3 N–H and O–H groups in total. The SMILES string of the molecule is CC(C)(C)NS(=O)(=O)c1ccc(NC(=S)NC(=O)c2sc3ccccc3c2Cl)cc1. The van der Waals surface area contributed by atoms with Crippen molar-refractivity contribution < 1.29 is 13.2 Å². The fourth-order valence-corrected chi connectivity index (χ4v) is 5.70. The molecule has 0 unspecified atom stereocenters. The summed E-state index contributed by atoms with van der Waals surface area (Å²) < 4.78 is 28.2. The minimum atomic E-state index is -3.63. The minimum absolute atomic E-state index is 0.0805. The van der Waals surface area contributed by atoms with Crippen LogP contribution in [0.1, 0.15) is 30.4 Å². The van der Waals surface area contributed by atoms with Gasteiger partial charge >= 0.3 is 0 Å². The molecule has 0 aliphatic heterocycles. The van der Waals surface area contributed by atoms with Crippen molar-refractivity contribution in [2.24, 2.45) is 0 Å². The number of hydrogen-bond acceptors (Lipinski definition) is 5. The first kappa shape index (κ1) is 22.6. The molecule has 0 aliphatic carbocycles. The molecule has 1 amide bonds. The average molecular weight is 482 g/mol. The zero-order chi connectivity index (χ0) is 22.1. The molecule has 1 heterocycles. The quantitative estimate of drug-likeness (QED) is 0.468. The summed E-state index contributed by atoms with van der Waals surface area (Å²) in [5, 5.41) is 6.75. The van der Waals surface area contributed by atoms with E-state index in [4.69, 9.17) is 23.8 Å². The number of amides is 1. The Kier molecular flexibility index (Phi) is 6.49. The summed E-state index contributed by atoms with van der Waals surface area (Å²) in [5.41, 5.74) is -0.0485. The second kappa shape index (κ2) is 8.60. The molecule has 0 atom stereocenters. The maximum Gasteiger partial charge on any atom is 0.269 e. The van der Waals surface area contributed by atoms with Crippen LogP contribution in [0.4, 0.5) is 5.69 Å². The molecule has 0 radical (unpaired) electrons. The number of halogens is 1. The van der Waals surface area contributed by atoms with Gasteiger partial charge in [-0.05, 0) is 63.3 Å². The number of fused-ring (bicyclic) bond motifs is 1. The van der Waals surface area contributed by atoms with E-state index in [1.54, 1.807) is 32.9 Å². The first-order valence-electron chi connectivity index (χ1n) is 8.90. The Bertz CT molecular complexity index is 1210. The summed E-state index contributed by atoms with van der Waals surface area (Å²) in [7, 11) is -3.63. The Morgan fingerprint density at radius 2 is 1.70 bits per heavy atom. The van der Waals surface area contributed by atoms with Crippen LogP contribution in [-0.4, -0.2) is 25.0 Å². The van der Waals surface area contributed by atoms with Crippen molar-refractivity contribution in [3.05, 3.63) is 58.4 Å². The van der Waals surface area contributed by atoms with Gasteiger partial charge in [0.2, 0.25) is 10.0 Å². The summed E-state index contributed by atoms with van der Waals surface area (Å²) in [6.07, 6.45) is 0. The monoisotopic (exact) mass is 481 g/mol. The van der Waals surface area contributed by atoms with Crippen LogP contribution < -0.4 is 15.4 Å². The van der Waals surface area contributed by atoms with Crippen LogP contribution in [-0.2, 0) is 10.0 Å². The third-order valence-electron chi connectivity index (χ3n) is 3.83. The first-order valence-corrected chi connectivity index (χ1v) is 12.0. The molecule has 158 valence electrons. The number of benzene rings is 2. The lowest BCUT2D eigenvalue weighted by Crippen LogP contribution is -2.40. The van der Waals surface area contributed by atoms with Crippen molar-refractivity contribution in [2.75, 3.05) is 5.32 Å². The Hall–Kier alpha value is -2.04. The molecule has 3 aromatic rings. The molecule has 10 heteroatoms. The van der Waals surface area contributed by atoms with Gasteiger partial charge in [-0.3, -0.25) is 10.1 Å². The van der Waals surface area contributed by atoms with Gasteiger partial charge < -0.3 is 5.32 Å². The summed E-state index contributed by atoms with van der Waals surface area (Å²) >= 11 is 12.8. The van der Waals surface area contributed by atoms with Gasteiger partial charge in [-0.15, -0.1) is 11.3 Å². The number of carbonyl (C=O) groups excluding carboxylic acids is 1. The van der Waals surface area contributed by atoms with Crippen molar-refractivity contribution >= 4 is 72.0 Å². The van der Waals surface area contributed by atoms with Crippen molar-refractivity contribution in [1.82, 2.24) is 10.0 Å². The lowest BCUT2D eigenvalue weighted by atomic mass is 10.1. The summed E-state index contributed by atoms with van der Waals surface area (Å²) in [6, 6.07) is 13.5. The van der Waals surface area contributed by atoms with Crippen molar-refractivity contribution in [3.8, 4) is 0 Å². The van der Waals surface area contributed by atoms with E-state index in [1.807, 2.05) is 24.3 Å². The van der Waals surface area contributed by atoms with Crippen LogP contribution in [0.2, 0.25) is 5.02 Å². The van der Waals surface area contributed by atoms with Crippen molar-refractivity contribution in [1.29, 1.82) is 0 Å². The molecule has 30 heavy (non-hydrogen) atoms. The van der Waals surface area contributed by atoms with Crippen LogP contribution in [0.3, 0.4) is 0 Å². The van der Waals surface area contributed by atoms with E-state index in [2.05, 4.69) is 15.4 Å². The first-order chi connectivity index (χ1) is 14.0. The van der Waals surface area contributed by atoms with Gasteiger partial charge in [-0.25, -0.2) is 13.1 Å². The molecular formula is C20H20ClN3O3S3. The zero-order valence-corrected chi connectivity index (χ0v) is 19.7. The predicted molar refractivity (Wildman–Crippen MR) is 127 cm³/mol. The van der Waals surface area contributed by atoms with Crippen molar-refractivity contribution in [3.63, 3.8) is 0 Å². The molecule has 1 aromatic heterocycles. The van der Waals surface area contributed by atoms with Crippen LogP contribution >= 0.6 is 35.2 Å². The average Bonchev–Trinajstić information content (AvgIpc) is 2.97. The van der Waals surface area contributed by atoms with Gasteiger partial charge in [0.1, 0.15) is 4.88 Å². The molecule has 2 aromatic carbocycles. The van der Waals surface area contributed by atoms with E-state index < -0.39 is 21.5 Å². The number of nitrogens with one attached hydrogen (secondary N) is 3. The van der Waals surface area contributed by atoms with E-state index in [1.165, 1.54) is 23.5 Å². The highest BCUT2D eigenvalue weighted by atomic mass is 35.5. The lowest BCUT2D eigenvalue weighted by Gasteiger charge is -2.20. The molecule has 3 rings (SSSR count). The van der Waals surface area contributed by atoms with Crippen LogP contribution in [0.5, 0.6) is 0 Å². The number of thiophene rings is 1. The Balaban J connectivity index is 1.67. The van der Waals surface area contributed by atoms with E-state index in [9.17, 15) is 13.2 Å². The predicted octanol–water partition coefficient (Wildman–Crippen LogP) is 4.76. The minimum Gasteiger partial charge on any atom is -0.332 e. The van der Waals surface area contributed by atoms with Gasteiger partial charge in [0, 0.05) is 21.3 Å². The zero-order valence-electron chi connectivity index (χ0n) is 16.4. The van der Waals surface area contributed by atoms with Gasteiger partial charge in [-0.2, -0.15) is 0 Å². The van der Waals surface area contributed by atoms with Gasteiger partial charge in [0.25, 0.3) is 5.91 Å². The summed E-state index contributed by atoms with van der Waals surface area (Å²) in [6.45, 7) is 5.30. The highest BCUT2D eigenvalue weighted by molar-refractivity contribution is 7.89. The van der Waals surface area contributed by atoms with E-state index >= 15 is 0 Å². The number of anilines is 1. The van der Waals surface area contributed by atoms with Gasteiger partial charge in [0.05, 0.1) is 9.92 Å². The Labute approximate surface area is 189 Å². The second-order valence-corrected chi connectivity index (χ2v) is 11.1. The normalized spacial score (nSPS) is 12.0. The third kappa shape index (κ3) is 5.35. The third-order valence-corrected chi connectivity index (χ3v) is 7.48. The molecule has 0 saturated carbocycles. The largest absolute Gasteiger partial charge is 0.332 e. The van der Waals surface area contributed by atoms with E-state index in [0.717, 1.165) is 10.1 Å². The number of thiocarbonyl (C=S) groups is 1. The standard InChI is InChI=1S/C20H20ClN3O3S3/c1-20(2,3)24-30(26,27)13-10-8-12(9-11-13)22-19(28)23-18(25)17-16(21)14-6-4-5-7-15(14)29-17/h4-11,24H,1-3H3,(H2,22,23,25,28). The molecule has 0 saturated heterocycles. The smallest absolute Gasteiger partial charge is 0.269 e. The summed E-state index contributed by atoms with van der Waals surface area (Å²) in [5.74, 6) is -0.410. The molecular weight excluding hydrogens is 462 g/mol. The molecule has 6 nitrogen and oxygen atoms in total. The highest BCUT2D eigenvalue weighted by Crippen LogP contribution is 2.35.